The summed E-state index contributed by atoms with van der Waals surface area (Å²) in [5, 5.41) is 8.84. The van der Waals surface area contributed by atoms with Gasteiger partial charge in [-0.15, -0.1) is 0 Å². The number of hydrogen-bond donors (Lipinski definition) is 2. The fraction of sp³-hybridized carbons (Fsp3) is 1.00. The Balaban J connectivity index is 1.73. The molecule has 0 aromatic heterocycles. The first-order valence-electron chi connectivity index (χ1n) is 5.73. The molecule has 3 N–H and O–H groups in total. The van der Waals surface area contributed by atoms with Crippen LogP contribution in [0.5, 0.6) is 0 Å². The lowest BCUT2D eigenvalue weighted by molar-refractivity contribution is -0.0274. The molecule has 0 aliphatic carbocycles. The van der Waals surface area contributed by atoms with E-state index in [0.717, 1.165) is 31.9 Å². The van der Waals surface area contributed by atoms with Gasteiger partial charge in [0.15, 0.2) is 0 Å². The molecule has 94 valence electrons. The van der Waals surface area contributed by atoms with Crippen LogP contribution in [0.15, 0.2) is 0 Å². The Labute approximate surface area is 101 Å². The Kier molecular flexibility index (Phi) is 3.78. The Morgan fingerprint density at radius 1 is 1.62 bits per heavy atom. The van der Waals surface area contributed by atoms with Crippen molar-refractivity contribution in [3.63, 3.8) is 0 Å². The summed E-state index contributed by atoms with van der Waals surface area (Å²) in [6.07, 6.45) is 1.33. The summed E-state index contributed by atoms with van der Waals surface area (Å²) in [6.45, 7) is 7.62. The van der Waals surface area contributed by atoms with E-state index in [4.69, 9.17) is 15.8 Å². The second-order valence-electron chi connectivity index (χ2n) is 5.23. The summed E-state index contributed by atoms with van der Waals surface area (Å²) >= 11 is 1.20. The molecule has 2 rings (SSSR count). The zero-order valence-corrected chi connectivity index (χ0v) is 10.7. The molecule has 2 heterocycles. The highest BCUT2D eigenvalue weighted by molar-refractivity contribution is 7.96. The van der Waals surface area contributed by atoms with Gasteiger partial charge in [0.1, 0.15) is 0 Å². The van der Waals surface area contributed by atoms with Crippen molar-refractivity contribution >= 4 is 11.9 Å². The Morgan fingerprint density at radius 2 is 2.31 bits per heavy atom. The largest absolute Gasteiger partial charge is 0.377 e. The molecule has 2 fully saturated rings. The van der Waals surface area contributed by atoms with Gasteiger partial charge in [0.05, 0.1) is 12.7 Å². The lowest BCUT2D eigenvalue weighted by atomic mass is 9.77. The van der Waals surface area contributed by atoms with Crippen LogP contribution in [0.4, 0.5) is 0 Å². The second-order valence-corrected chi connectivity index (χ2v) is 6.20. The van der Waals surface area contributed by atoms with Crippen LogP contribution in [0.25, 0.3) is 0 Å². The Morgan fingerprint density at radius 3 is 2.88 bits per heavy atom. The molecule has 1 spiro atoms. The first-order valence-corrected chi connectivity index (χ1v) is 6.67. The molecule has 16 heavy (non-hydrogen) atoms. The van der Waals surface area contributed by atoms with E-state index in [2.05, 4.69) is 18.7 Å². The third kappa shape index (κ3) is 2.69. The molecule has 0 aromatic rings. The summed E-state index contributed by atoms with van der Waals surface area (Å²) < 4.78 is 6.41. The van der Waals surface area contributed by atoms with Crippen molar-refractivity contribution in [1.82, 2.24) is 9.48 Å². The molecule has 0 aromatic carbocycles. The number of nitrogens with two attached hydrogens (primary N) is 1. The molecule has 0 bridgehead atoms. The maximum Gasteiger partial charge on any atom is 0.0687 e. The van der Waals surface area contributed by atoms with Crippen molar-refractivity contribution in [2.24, 2.45) is 11.3 Å². The summed E-state index contributed by atoms with van der Waals surface area (Å²) in [4.78, 5) is 2.47. The van der Waals surface area contributed by atoms with Crippen molar-refractivity contribution in [3.05, 3.63) is 0 Å². The lowest BCUT2D eigenvalue weighted by Gasteiger charge is -2.49. The molecule has 5 nitrogen and oxygen atoms in total. The van der Waals surface area contributed by atoms with Gasteiger partial charge in [-0.1, -0.05) is 4.58 Å². The van der Waals surface area contributed by atoms with Crippen molar-refractivity contribution < 1.29 is 9.94 Å². The van der Waals surface area contributed by atoms with Crippen LogP contribution in [-0.4, -0.2) is 52.3 Å². The van der Waals surface area contributed by atoms with Crippen molar-refractivity contribution in [3.8, 4) is 0 Å². The molecular weight excluding hydrogens is 226 g/mol. The normalized spacial score (nSPS) is 29.2. The minimum Gasteiger partial charge on any atom is -0.377 e. The smallest absolute Gasteiger partial charge is 0.0687 e. The fourth-order valence-corrected chi connectivity index (χ4v) is 3.10. The lowest BCUT2D eigenvalue weighted by Crippen LogP contribution is -2.59. The van der Waals surface area contributed by atoms with Gasteiger partial charge in [-0.2, -0.15) is 0 Å². The highest BCUT2D eigenvalue weighted by Gasteiger charge is 2.49. The first-order chi connectivity index (χ1) is 7.51. The van der Waals surface area contributed by atoms with Gasteiger partial charge in [0.2, 0.25) is 0 Å². The summed E-state index contributed by atoms with van der Waals surface area (Å²) in [5.41, 5.74) is 0.379. The number of rotatable bonds is 4. The van der Waals surface area contributed by atoms with E-state index in [1.165, 1.54) is 11.9 Å². The number of likely N-dealkylation sites (tertiary alicyclic amines) is 1. The molecule has 0 amide bonds. The van der Waals surface area contributed by atoms with E-state index in [0.29, 0.717) is 16.0 Å². The van der Waals surface area contributed by atoms with E-state index in [1.54, 1.807) is 0 Å². The molecule has 2 aliphatic heterocycles. The van der Waals surface area contributed by atoms with Crippen LogP contribution >= 0.6 is 11.9 Å². The number of nitrogens with zero attached hydrogens (tertiary/aromatic N) is 2. The van der Waals surface area contributed by atoms with Gasteiger partial charge in [-0.25, -0.2) is 5.84 Å². The maximum atomic E-state index is 8.84. The standard InChI is InChI=1S/C10H21N3O2S/c1-8(2)12-5-10(6-12)3-9(15-7-10)4-16-13(11)14/h8-9,14H,3-7,11H2,1-2H3. The van der Waals surface area contributed by atoms with Crippen LogP contribution in [-0.2, 0) is 4.74 Å². The van der Waals surface area contributed by atoms with Crippen LogP contribution in [0.2, 0.25) is 0 Å². The molecule has 0 radical (unpaired) electrons. The van der Waals surface area contributed by atoms with Crippen LogP contribution < -0.4 is 5.84 Å². The Hall–Kier alpha value is 0.150. The van der Waals surface area contributed by atoms with Crippen LogP contribution in [0, 0.1) is 5.41 Å². The van der Waals surface area contributed by atoms with Crippen LogP contribution in [0.1, 0.15) is 20.3 Å². The third-order valence-electron chi connectivity index (χ3n) is 3.49. The summed E-state index contributed by atoms with van der Waals surface area (Å²) in [5.74, 6) is 5.87. The van der Waals surface area contributed by atoms with E-state index in [-0.39, 0.29) is 6.10 Å². The fourth-order valence-electron chi connectivity index (χ4n) is 2.56. The average Bonchev–Trinajstić information content (AvgIpc) is 2.56. The second kappa shape index (κ2) is 4.80. The first kappa shape index (κ1) is 12.6. The number of hydrazine groups is 1. The summed E-state index contributed by atoms with van der Waals surface area (Å²) in [7, 11) is 0. The SMILES string of the molecule is CC(C)N1CC2(COC(CSN(N)O)C2)C1. The average molecular weight is 247 g/mol. The van der Waals surface area contributed by atoms with E-state index >= 15 is 0 Å². The zero-order chi connectivity index (χ0) is 11.8. The van der Waals surface area contributed by atoms with Gasteiger partial charge in [0.25, 0.3) is 0 Å². The molecule has 6 heteroatoms. The predicted molar refractivity (Wildman–Crippen MR) is 63.8 cm³/mol. The minimum absolute atomic E-state index is 0.234. The topological polar surface area (TPSA) is 62.0 Å². The number of hydrogen-bond acceptors (Lipinski definition) is 6. The summed E-state index contributed by atoms with van der Waals surface area (Å²) in [6, 6.07) is 0.635. The third-order valence-corrected chi connectivity index (χ3v) is 4.27. The maximum absolute atomic E-state index is 8.84. The Bertz CT molecular complexity index is 244. The van der Waals surface area contributed by atoms with E-state index in [1.807, 2.05) is 0 Å². The molecule has 2 saturated heterocycles. The molecule has 2 aliphatic rings. The predicted octanol–water partition coefficient (Wildman–Crippen LogP) is 0.699. The monoisotopic (exact) mass is 247 g/mol. The molecule has 1 atom stereocenters. The van der Waals surface area contributed by atoms with Gasteiger partial charge in [0, 0.05) is 30.3 Å². The molecular formula is C10H21N3O2S. The van der Waals surface area contributed by atoms with E-state index in [9.17, 15) is 0 Å². The van der Waals surface area contributed by atoms with E-state index < -0.39 is 0 Å². The molecule has 1 unspecified atom stereocenters. The highest BCUT2D eigenvalue weighted by Crippen LogP contribution is 2.42. The number of ether oxygens (including phenoxy) is 1. The van der Waals surface area contributed by atoms with Gasteiger partial charge in [-0.05, 0) is 32.2 Å². The van der Waals surface area contributed by atoms with Gasteiger partial charge in [-0.3, -0.25) is 10.1 Å². The van der Waals surface area contributed by atoms with Gasteiger partial charge < -0.3 is 4.74 Å². The minimum atomic E-state index is 0.234. The quantitative estimate of drug-likeness (QED) is 0.433. The van der Waals surface area contributed by atoms with Gasteiger partial charge >= 0.3 is 0 Å². The van der Waals surface area contributed by atoms with Crippen molar-refractivity contribution in [1.29, 1.82) is 0 Å². The molecule has 0 saturated carbocycles. The van der Waals surface area contributed by atoms with Crippen molar-refractivity contribution in [2.75, 3.05) is 25.4 Å². The van der Waals surface area contributed by atoms with Crippen LogP contribution in [0.3, 0.4) is 0 Å². The van der Waals surface area contributed by atoms with Crippen molar-refractivity contribution in [2.45, 2.75) is 32.4 Å². The highest BCUT2D eigenvalue weighted by atomic mass is 32.2. The zero-order valence-electron chi connectivity index (χ0n) is 9.93.